The normalized spacial score (nSPS) is 13.8. The first-order valence-corrected chi connectivity index (χ1v) is 7.94. The summed E-state index contributed by atoms with van der Waals surface area (Å²) in [7, 11) is 3.21. The van der Waals surface area contributed by atoms with Crippen molar-refractivity contribution < 1.29 is 14.3 Å². The second-order valence-corrected chi connectivity index (χ2v) is 6.03. The van der Waals surface area contributed by atoms with Crippen LogP contribution in [0.2, 0.25) is 0 Å². The van der Waals surface area contributed by atoms with E-state index in [9.17, 15) is 9.59 Å². The Morgan fingerprint density at radius 1 is 1.28 bits per heavy atom. The lowest BCUT2D eigenvalue weighted by atomic mass is 10.0. The molecule has 0 radical (unpaired) electrons. The van der Waals surface area contributed by atoms with Gasteiger partial charge in [0.15, 0.2) is 5.69 Å². The number of nitrogens with one attached hydrogen (secondary N) is 1. The molecule has 1 amide bonds. The summed E-state index contributed by atoms with van der Waals surface area (Å²) < 4.78 is 6.63. The first-order valence-electron chi connectivity index (χ1n) is 7.94. The van der Waals surface area contributed by atoms with Gasteiger partial charge in [0, 0.05) is 42.9 Å². The monoisotopic (exact) mass is 339 g/mol. The highest BCUT2D eigenvalue weighted by atomic mass is 16.5. The number of amides is 1. The molecule has 0 unspecified atom stereocenters. The predicted molar refractivity (Wildman–Crippen MR) is 89.1 cm³/mol. The number of hydrogen-bond donors (Lipinski definition) is 1. The van der Waals surface area contributed by atoms with Gasteiger partial charge in [0.05, 0.1) is 13.7 Å². The third-order valence-electron chi connectivity index (χ3n) is 4.54. The molecule has 128 valence electrons. The summed E-state index contributed by atoms with van der Waals surface area (Å²) in [6.07, 6.45) is 2.52. The molecule has 0 spiro atoms. The minimum Gasteiger partial charge on any atom is -0.464 e. The number of carbonyl (C=O) groups excluding carboxylic acids is 2. The molecule has 1 N–H and O–H groups in total. The van der Waals surface area contributed by atoms with Crippen LogP contribution in [0.5, 0.6) is 0 Å². The van der Waals surface area contributed by atoms with Crippen LogP contribution in [0, 0.1) is 0 Å². The molecule has 8 heteroatoms. The molecule has 0 atom stereocenters. The van der Waals surface area contributed by atoms with Crippen molar-refractivity contribution >= 4 is 22.9 Å². The number of aromatic nitrogens is 4. The third-order valence-corrected chi connectivity index (χ3v) is 4.54. The molecule has 0 fully saturated rings. The molecular formula is C17H17N5O3. The van der Waals surface area contributed by atoms with Crippen molar-refractivity contribution in [2.75, 3.05) is 13.7 Å². The van der Waals surface area contributed by atoms with Gasteiger partial charge in [0.1, 0.15) is 11.3 Å². The van der Waals surface area contributed by atoms with Gasteiger partial charge in [-0.2, -0.15) is 5.10 Å². The van der Waals surface area contributed by atoms with Crippen molar-refractivity contribution in [1.82, 2.24) is 24.6 Å². The fourth-order valence-corrected chi connectivity index (χ4v) is 3.15. The van der Waals surface area contributed by atoms with Gasteiger partial charge >= 0.3 is 5.97 Å². The standard InChI is InChI=1S/C17H17N5O3/c1-21-7-5-10-3-4-13(18-15(10)21)16(23)22-8-6-12-11(9-22)14(20-19-12)17(24)25-2/h3-5,7H,6,8-9H2,1-2H3,(H,19,20). The minimum atomic E-state index is -0.504. The number of esters is 1. The first-order chi connectivity index (χ1) is 12.1. The quantitative estimate of drug-likeness (QED) is 0.710. The Labute approximate surface area is 143 Å². The second kappa shape index (κ2) is 5.73. The van der Waals surface area contributed by atoms with E-state index in [0.717, 1.165) is 16.7 Å². The van der Waals surface area contributed by atoms with Crippen molar-refractivity contribution in [2.24, 2.45) is 7.05 Å². The van der Waals surface area contributed by atoms with Gasteiger partial charge in [-0.1, -0.05) is 0 Å². The maximum atomic E-state index is 12.9. The molecule has 4 heterocycles. The molecular weight excluding hydrogens is 322 g/mol. The molecule has 3 aromatic rings. The van der Waals surface area contributed by atoms with Crippen LogP contribution >= 0.6 is 0 Å². The molecule has 1 aliphatic heterocycles. The number of fused-ring (bicyclic) bond motifs is 2. The number of carbonyl (C=O) groups is 2. The van der Waals surface area contributed by atoms with Crippen molar-refractivity contribution in [3.05, 3.63) is 47.0 Å². The fraction of sp³-hybridized carbons (Fsp3) is 0.294. The summed E-state index contributed by atoms with van der Waals surface area (Å²) >= 11 is 0. The zero-order chi connectivity index (χ0) is 17.6. The van der Waals surface area contributed by atoms with Crippen molar-refractivity contribution in [3.63, 3.8) is 0 Å². The van der Waals surface area contributed by atoms with E-state index < -0.39 is 5.97 Å². The van der Waals surface area contributed by atoms with Crippen molar-refractivity contribution in [1.29, 1.82) is 0 Å². The highest BCUT2D eigenvalue weighted by molar-refractivity contribution is 5.95. The van der Waals surface area contributed by atoms with Crippen LogP contribution in [-0.2, 0) is 24.8 Å². The second-order valence-electron chi connectivity index (χ2n) is 6.03. The molecule has 25 heavy (non-hydrogen) atoms. The Balaban J connectivity index is 1.64. The third kappa shape index (κ3) is 2.46. The lowest BCUT2D eigenvalue weighted by molar-refractivity contribution is 0.0586. The molecule has 0 bridgehead atoms. The number of ether oxygens (including phenoxy) is 1. The summed E-state index contributed by atoms with van der Waals surface area (Å²) in [5.74, 6) is -0.666. The Hall–Kier alpha value is -3.16. The summed E-state index contributed by atoms with van der Waals surface area (Å²) in [5.41, 5.74) is 2.98. The van der Waals surface area contributed by atoms with Gasteiger partial charge in [-0.25, -0.2) is 9.78 Å². The van der Waals surface area contributed by atoms with Gasteiger partial charge in [-0.15, -0.1) is 0 Å². The summed E-state index contributed by atoms with van der Waals surface area (Å²) in [4.78, 5) is 30.9. The Kier molecular flexibility index (Phi) is 3.52. The molecule has 3 aromatic heterocycles. The maximum absolute atomic E-state index is 12.9. The van der Waals surface area contributed by atoms with Crippen molar-refractivity contribution in [3.8, 4) is 0 Å². The van der Waals surface area contributed by atoms with Crippen LogP contribution in [0.15, 0.2) is 24.4 Å². The topological polar surface area (TPSA) is 93.1 Å². The molecule has 0 aromatic carbocycles. The highest BCUT2D eigenvalue weighted by Gasteiger charge is 2.29. The van der Waals surface area contributed by atoms with Crippen LogP contribution in [0.25, 0.3) is 11.0 Å². The number of pyridine rings is 1. The molecule has 4 rings (SSSR count). The smallest absolute Gasteiger partial charge is 0.358 e. The van der Waals surface area contributed by atoms with Crippen LogP contribution in [-0.4, -0.2) is 50.2 Å². The number of methoxy groups -OCH3 is 1. The van der Waals surface area contributed by atoms with Gasteiger partial charge in [-0.3, -0.25) is 9.89 Å². The van der Waals surface area contributed by atoms with E-state index >= 15 is 0 Å². The predicted octanol–water partition coefficient (Wildman–Crippen LogP) is 1.28. The van der Waals surface area contributed by atoms with Crippen LogP contribution in [0.3, 0.4) is 0 Å². The number of aryl methyl sites for hydroxylation is 1. The zero-order valence-electron chi connectivity index (χ0n) is 13.9. The van der Waals surface area contributed by atoms with Crippen molar-refractivity contribution in [2.45, 2.75) is 13.0 Å². The van der Waals surface area contributed by atoms with E-state index in [1.54, 1.807) is 11.0 Å². The largest absolute Gasteiger partial charge is 0.464 e. The highest BCUT2D eigenvalue weighted by Crippen LogP contribution is 2.23. The number of aromatic amines is 1. The molecule has 0 saturated heterocycles. The number of hydrogen-bond acceptors (Lipinski definition) is 5. The average Bonchev–Trinajstić information content (AvgIpc) is 3.23. The number of rotatable bonds is 2. The minimum absolute atomic E-state index is 0.161. The molecule has 8 nitrogen and oxygen atoms in total. The Morgan fingerprint density at radius 3 is 2.92 bits per heavy atom. The Morgan fingerprint density at radius 2 is 2.12 bits per heavy atom. The van der Waals surface area contributed by atoms with E-state index in [-0.39, 0.29) is 11.6 Å². The number of H-pyrrole nitrogens is 1. The summed E-state index contributed by atoms with van der Waals surface area (Å²) in [5, 5.41) is 7.87. The van der Waals surface area contributed by atoms with Crippen LogP contribution < -0.4 is 0 Å². The van der Waals surface area contributed by atoms with Gasteiger partial charge in [0.25, 0.3) is 5.91 Å². The van der Waals surface area contributed by atoms with Gasteiger partial charge in [-0.05, 0) is 18.2 Å². The van der Waals surface area contributed by atoms with E-state index in [2.05, 4.69) is 15.2 Å². The molecule has 0 saturated carbocycles. The van der Waals surface area contributed by atoms with E-state index in [1.807, 2.05) is 29.9 Å². The van der Waals surface area contributed by atoms with E-state index in [4.69, 9.17) is 4.74 Å². The fourth-order valence-electron chi connectivity index (χ4n) is 3.15. The van der Waals surface area contributed by atoms with Crippen LogP contribution in [0.1, 0.15) is 32.2 Å². The lowest BCUT2D eigenvalue weighted by Gasteiger charge is -2.26. The SMILES string of the molecule is COC(=O)c1n[nH]c2c1CN(C(=O)c1ccc3ccn(C)c3n1)CC2. The lowest BCUT2D eigenvalue weighted by Crippen LogP contribution is -2.36. The maximum Gasteiger partial charge on any atom is 0.358 e. The van der Waals surface area contributed by atoms with Gasteiger partial charge < -0.3 is 14.2 Å². The molecule has 1 aliphatic rings. The molecule has 0 aliphatic carbocycles. The summed E-state index contributed by atoms with van der Waals surface area (Å²) in [6, 6.07) is 5.58. The first kappa shape index (κ1) is 15.4. The zero-order valence-corrected chi connectivity index (χ0v) is 13.9. The van der Waals surface area contributed by atoms with E-state index in [0.29, 0.717) is 30.8 Å². The summed E-state index contributed by atoms with van der Waals surface area (Å²) in [6.45, 7) is 0.851. The number of nitrogens with zero attached hydrogens (tertiary/aromatic N) is 4. The Bertz CT molecular complexity index is 987. The van der Waals surface area contributed by atoms with Crippen LogP contribution in [0.4, 0.5) is 0 Å². The average molecular weight is 339 g/mol. The van der Waals surface area contributed by atoms with Gasteiger partial charge in [0.2, 0.25) is 0 Å². The van der Waals surface area contributed by atoms with E-state index in [1.165, 1.54) is 7.11 Å².